The van der Waals surface area contributed by atoms with E-state index in [0.717, 1.165) is 4.47 Å². The topological polar surface area (TPSA) is 26.0 Å². The molecule has 2 rings (SSSR count). The summed E-state index contributed by atoms with van der Waals surface area (Å²) in [7, 11) is 0. The van der Waals surface area contributed by atoms with Crippen molar-refractivity contribution < 1.29 is 0 Å². The second-order valence-electron chi connectivity index (χ2n) is 4.24. The van der Waals surface area contributed by atoms with Crippen LogP contribution < -0.4 is 5.73 Å². The van der Waals surface area contributed by atoms with Gasteiger partial charge in [-0.15, -0.1) is 0 Å². The second-order valence-corrected chi connectivity index (χ2v) is 5.10. The highest BCUT2D eigenvalue weighted by Crippen LogP contribution is 2.38. The molecular weight excluding hydrogens is 238 g/mol. The van der Waals surface area contributed by atoms with E-state index in [1.807, 2.05) is 0 Å². The molecular formula is C12H16BrN. The molecule has 0 radical (unpaired) electrons. The van der Waals surface area contributed by atoms with Crippen LogP contribution in [0.15, 0.2) is 22.7 Å². The van der Waals surface area contributed by atoms with E-state index in [0.29, 0.717) is 5.92 Å². The summed E-state index contributed by atoms with van der Waals surface area (Å²) in [6.45, 7) is 2.10. The zero-order valence-electron chi connectivity index (χ0n) is 8.46. The quantitative estimate of drug-likeness (QED) is 0.858. The fourth-order valence-electron chi connectivity index (χ4n) is 1.96. The van der Waals surface area contributed by atoms with Crippen LogP contribution in [-0.4, -0.2) is 0 Å². The Balaban J connectivity index is 2.22. The number of hydrogen-bond acceptors (Lipinski definition) is 1. The molecule has 14 heavy (non-hydrogen) atoms. The van der Waals surface area contributed by atoms with Crippen molar-refractivity contribution in [3.05, 3.63) is 33.8 Å². The molecule has 0 heterocycles. The number of rotatable bonds is 2. The van der Waals surface area contributed by atoms with Crippen LogP contribution >= 0.6 is 15.9 Å². The van der Waals surface area contributed by atoms with Crippen LogP contribution in [0.25, 0.3) is 0 Å². The Bertz CT molecular complexity index is 331. The van der Waals surface area contributed by atoms with Gasteiger partial charge in [0.25, 0.3) is 0 Å². The van der Waals surface area contributed by atoms with E-state index < -0.39 is 0 Å². The van der Waals surface area contributed by atoms with E-state index >= 15 is 0 Å². The molecule has 1 saturated carbocycles. The minimum absolute atomic E-state index is 0.221. The minimum Gasteiger partial charge on any atom is -0.324 e. The summed E-state index contributed by atoms with van der Waals surface area (Å²) in [6.07, 6.45) is 3.94. The van der Waals surface area contributed by atoms with Crippen molar-refractivity contribution in [2.75, 3.05) is 0 Å². The molecule has 1 aliphatic rings. The Morgan fingerprint density at radius 1 is 1.43 bits per heavy atom. The van der Waals surface area contributed by atoms with Gasteiger partial charge in [0.05, 0.1) is 0 Å². The molecule has 2 heteroatoms. The van der Waals surface area contributed by atoms with Gasteiger partial charge in [-0.25, -0.2) is 0 Å². The molecule has 0 spiro atoms. The maximum atomic E-state index is 6.22. The predicted octanol–water partition coefficient (Wildman–Crippen LogP) is 3.56. The Morgan fingerprint density at radius 2 is 2.14 bits per heavy atom. The minimum atomic E-state index is 0.221. The maximum absolute atomic E-state index is 6.22. The first kappa shape index (κ1) is 10.2. The highest BCUT2D eigenvalue weighted by Gasteiger charge is 2.26. The lowest BCUT2D eigenvalue weighted by molar-refractivity contribution is 0.264. The number of nitrogens with two attached hydrogens (primary N) is 1. The number of benzene rings is 1. The largest absolute Gasteiger partial charge is 0.324 e. The standard InChI is InChI=1S/C12H16BrN/c1-8-5-6-10(11(13)7-8)12(14)9-3-2-4-9/h5-7,9,12H,2-4,14H2,1H3. The molecule has 1 aromatic carbocycles. The van der Waals surface area contributed by atoms with Crippen LogP contribution in [0.4, 0.5) is 0 Å². The first-order valence-electron chi connectivity index (χ1n) is 5.20. The van der Waals surface area contributed by atoms with Crippen molar-refractivity contribution in [3.8, 4) is 0 Å². The van der Waals surface area contributed by atoms with Crippen molar-refractivity contribution in [1.82, 2.24) is 0 Å². The molecule has 1 unspecified atom stereocenters. The fourth-order valence-corrected chi connectivity index (χ4v) is 2.71. The summed E-state index contributed by atoms with van der Waals surface area (Å²) in [4.78, 5) is 0. The Kier molecular flexibility index (Phi) is 2.93. The predicted molar refractivity (Wildman–Crippen MR) is 63.1 cm³/mol. The average Bonchev–Trinajstić information content (AvgIpc) is 2.00. The molecule has 1 aromatic rings. The van der Waals surface area contributed by atoms with E-state index in [1.165, 1.54) is 30.4 Å². The van der Waals surface area contributed by atoms with Crippen LogP contribution in [0.5, 0.6) is 0 Å². The third-order valence-corrected chi connectivity index (χ3v) is 3.86. The average molecular weight is 254 g/mol. The van der Waals surface area contributed by atoms with Crippen molar-refractivity contribution in [2.24, 2.45) is 11.7 Å². The first-order valence-corrected chi connectivity index (χ1v) is 5.99. The van der Waals surface area contributed by atoms with Gasteiger partial charge in [0.15, 0.2) is 0 Å². The smallest absolute Gasteiger partial charge is 0.0334 e. The molecule has 0 saturated heterocycles. The molecule has 1 atom stereocenters. The zero-order chi connectivity index (χ0) is 10.1. The van der Waals surface area contributed by atoms with Crippen LogP contribution in [0.3, 0.4) is 0 Å². The molecule has 1 aliphatic carbocycles. The molecule has 76 valence electrons. The maximum Gasteiger partial charge on any atom is 0.0334 e. The molecule has 0 amide bonds. The molecule has 0 aromatic heterocycles. The Hall–Kier alpha value is -0.340. The van der Waals surface area contributed by atoms with Crippen LogP contribution in [-0.2, 0) is 0 Å². The van der Waals surface area contributed by atoms with Gasteiger partial charge in [-0.05, 0) is 42.9 Å². The van der Waals surface area contributed by atoms with Crippen LogP contribution in [0.1, 0.15) is 36.4 Å². The lowest BCUT2D eigenvalue weighted by Crippen LogP contribution is -2.27. The van der Waals surface area contributed by atoms with Gasteiger partial charge in [-0.2, -0.15) is 0 Å². The number of hydrogen-bond donors (Lipinski definition) is 1. The monoisotopic (exact) mass is 253 g/mol. The van der Waals surface area contributed by atoms with Gasteiger partial charge in [-0.3, -0.25) is 0 Å². The van der Waals surface area contributed by atoms with Crippen LogP contribution in [0.2, 0.25) is 0 Å². The van der Waals surface area contributed by atoms with Gasteiger partial charge < -0.3 is 5.73 Å². The van der Waals surface area contributed by atoms with Crippen molar-refractivity contribution in [3.63, 3.8) is 0 Å². The Morgan fingerprint density at radius 3 is 2.64 bits per heavy atom. The summed E-state index contributed by atoms with van der Waals surface area (Å²) in [5.41, 5.74) is 8.76. The third kappa shape index (κ3) is 1.86. The summed E-state index contributed by atoms with van der Waals surface area (Å²) < 4.78 is 1.16. The molecule has 1 nitrogen and oxygen atoms in total. The molecule has 2 N–H and O–H groups in total. The van der Waals surface area contributed by atoms with Crippen LogP contribution in [0, 0.1) is 12.8 Å². The van der Waals surface area contributed by atoms with E-state index in [-0.39, 0.29) is 6.04 Å². The fraction of sp³-hybridized carbons (Fsp3) is 0.500. The number of aryl methyl sites for hydroxylation is 1. The summed E-state index contributed by atoms with van der Waals surface area (Å²) >= 11 is 3.59. The van der Waals surface area contributed by atoms with Gasteiger partial charge in [0.2, 0.25) is 0 Å². The lowest BCUT2D eigenvalue weighted by Gasteiger charge is -2.32. The third-order valence-electron chi connectivity index (χ3n) is 3.17. The molecule has 0 bridgehead atoms. The first-order chi connectivity index (χ1) is 6.68. The molecule has 1 fully saturated rings. The highest BCUT2D eigenvalue weighted by atomic mass is 79.9. The number of halogens is 1. The summed E-state index contributed by atoms with van der Waals surface area (Å²) in [5.74, 6) is 0.703. The second kappa shape index (κ2) is 4.03. The van der Waals surface area contributed by atoms with Crippen molar-refractivity contribution in [2.45, 2.75) is 32.2 Å². The highest BCUT2D eigenvalue weighted by molar-refractivity contribution is 9.10. The van der Waals surface area contributed by atoms with Gasteiger partial charge in [-0.1, -0.05) is 34.5 Å². The summed E-state index contributed by atoms with van der Waals surface area (Å²) in [6, 6.07) is 6.66. The Labute approximate surface area is 93.8 Å². The van der Waals surface area contributed by atoms with Gasteiger partial charge in [0.1, 0.15) is 0 Å². The summed E-state index contributed by atoms with van der Waals surface area (Å²) in [5, 5.41) is 0. The van der Waals surface area contributed by atoms with Gasteiger partial charge >= 0.3 is 0 Å². The normalized spacial score (nSPS) is 19.1. The zero-order valence-corrected chi connectivity index (χ0v) is 10.0. The molecule has 0 aliphatic heterocycles. The van der Waals surface area contributed by atoms with E-state index in [4.69, 9.17) is 5.73 Å². The van der Waals surface area contributed by atoms with E-state index in [1.54, 1.807) is 0 Å². The van der Waals surface area contributed by atoms with E-state index in [9.17, 15) is 0 Å². The van der Waals surface area contributed by atoms with Gasteiger partial charge in [0, 0.05) is 10.5 Å². The van der Waals surface area contributed by atoms with Crippen molar-refractivity contribution >= 4 is 15.9 Å². The van der Waals surface area contributed by atoms with Crippen molar-refractivity contribution in [1.29, 1.82) is 0 Å². The lowest BCUT2D eigenvalue weighted by atomic mass is 9.77. The van der Waals surface area contributed by atoms with E-state index in [2.05, 4.69) is 41.1 Å². The SMILES string of the molecule is Cc1ccc(C(N)C2CCC2)c(Br)c1.